The number of pyridine rings is 2. The molecule has 0 bridgehead atoms. The zero-order valence-electron chi connectivity index (χ0n) is 18.9. The van der Waals surface area contributed by atoms with Gasteiger partial charge in [-0.15, -0.1) is 0 Å². The molecule has 3 aromatic rings. The summed E-state index contributed by atoms with van der Waals surface area (Å²) in [6, 6.07) is 6.41. The Bertz CT molecular complexity index is 1080. The molecule has 1 aliphatic heterocycles. The second kappa shape index (κ2) is 9.75. The first-order chi connectivity index (χ1) is 16.1. The van der Waals surface area contributed by atoms with Crippen LogP contribution in [0.15, 0.2) is 36.8 Å². The van der Waals surface area contributed by atoms with E-state index >= 15 is 0 Å². The highest BCUT2D eigenvalue weighted by Crippen LogP contribution is 2.28. The lowest BCUT2D eigenvalue weighted by molar-refractivity contribution is -0.0649. The minimum Gasteiger partial charge on any atom is -0.377 e. The Morgan fingerprint density at radius 3 is 2.58 bits per heavy atom. The fourth-order valence-electron chi connectivity index (χ4n) is 4.41. The van der Waals surface area contributed by atoms with Gasteiger partial charge in [-0.25, -0.2) is 19.9 Å². The van der Waals surface area contributed by atoms with Crippen LogP contribution in [0.4, 0.5) is 11.8 Å². The molecule has 9 heteroatoms. The van der Waals surface area contributed by atoms with Crippen molar-refractivity contribution in [2.75, 3.05) is 30.4 Å². The van der Waals surface area contributed by atoms with Crippen molar-refractivity contribution in [3.63, 3.8) is 0 Å². The van der Waals surface area contributed by atoms with Crippen molar-refractivity contribution in [3.05, 3.63) is 47.5 Å². The standard InChI is InChI=1S/C24H30ClN7O/c1-24(14-33-15-24)30-13-17-11-28-23(29-12-17)27-10-16-2-5-19(6-3-16)31-20-7-4-18-8-9-26-22(25)21(18)32-20/h4,7-9,11-12,16,19,30H,2-3,5-6,10,13-15H2,1H3,(H,31,32)(H,27,28,29). The summed E-state index contributed by atoms with van der Waals surface area (Å²) in [6.07, 6.45) is 10.0. The monoisotopic (exact) mass is 467 g/mol. The Morgan fingerprint density at radius 2 is 1.85 bits per heavy atom. The van der Waals surface area contributed by atoms with Gasteiger partial charge in [-0.3, -0.25) is 0 Å². The van der Waals surface area contributed by atoms with Crippen molar-refractivity contribution in [3.8, 4) is 0 Å². The van der Waals surface area contributed by atoms with Crippen molar-refractivity contribution in [1.82, 2.24) is 25.3 Å². The molecule has 0 radical (unpaired) electrons. The molecule has 3 N–H and O–H groups in total. The van der Waals surface area contributed by atoms with Crippen LogP contribution in [-0.2, 0) is 11.3 Å². The van der Waals surface area contributed by atoms with Crippen LogP contribution < -0.4 is 16.0 Å². The fraction of sp³-hybridized carbons (Fsp3) is 0.500. The van der Waals surface area contributed by atoms with Gasteiger partial charge in [0.25, 0.3) is 0 Å². The topological polar surface area (TPSA) is 96.9 Å². The zero-order valence-corrected chi connectivity index (χ0v) is 19.6. The Balaban J connectivity index is 1.05. The smallest absolute Gasteiger partial charge is 0.222 e. The van der Waals surface area contributed by atoms with Gasteiger partial charge in [0.1, 0.15) is 11.3 Å². The second-order valence-electron chi connectivity index (χ2n) is 9.43. The molecule has 1 saturated heterocycles. The maximum Gasteiger partial charge on any atom is 0.222 e. The Kier molecular flexibility index (Phi) is 6.57. The highest BCUT2D eigenvalue weighted by Gasteiger charge is 2.32. The van der Waals surface area contributed by atoms with E-state index in [4.69, 9.17) is 16.3 Å². The summed E-state index contributed by atoms with van der Waals surface area (Å²) < 4.78 is 5.27. The lowest BCUT2D eigenvalue weighted by Crippen LogP contribution is -2.57. The fourth-order valence-corrected chi connectivity index (χ4v) is 4.62. The van der Waals surface area contributed by atoms with E-state index in [1.54, 1.807) is 6.20 Å². The Hall–Kier alpha value is -2.55. The predicted octanol–water partition coefficient (Wildman–Crippen LogP) is 4.03. The average Bonchev–Trinajstić information content (AvgIpc) is 2.82. The van der Waals surface area contributed by atoms with Crippen LogP contribution in [0.2, 0.25) is 5.15 Å². The maximum absolute atomic E-state index is 6.20. The van der Waals surface area contributed by atoms with E-state index in [0.29, 0.717) is 23.1 Å². The summed E-state index contributed by atoms with van der Waals surface area (Å²) in [4.78, 5) is 17.8. The van der Waals surface area contributed by atoms with Crippen molar-refractivity contribution < 1.29 is 4.74 Å². The van der Waals surface area contributed by atoms with Crippen LogP contribution in [0.5, 0.6) is 0 Å². The summed E-state index contributed by atoms with van der Waals surface area (Å²) in [7, 11) is 0. The van der Waals surface area contributed by atoms with Gasteiger partial charge in [0.05, 0.1) is 18.8 Å². The van der Waals surface area contributed by atoms with E-state index < -0.39 is 0 Å². The van der Waals surface area contributed by atoms with E-state index in [2.05, 4.69) is 42.8 Å². The van der Waals surface area contributed by atoms with Crippen LogP contribution in [-0.4, -0.2) is 51.3 Å². The van der Waals surface area contributed by atoms with Gasteiger partial charge in [0.15, 0.2) is 5.15 Å². The minimum atomic E-state index is 0.0826. The minimum absolute atomic E-state index is 0.0826. The number of halogens is 1. The summed E-state index contributed by atoms with van der Waals surface area (Å²) in [6.45, 7) is 5.34. The van der Waals surface area contributed by atoms with Crippen molar-refractivity contribution >= 4 is 34.3 Å². The number of ether oxygens (including phenoxy) is 1. The van der Waals surface area contributed by atoms with Gasteiger partial charge in [0.2, 0.25) is 5.95 Å². The molecule has 4 heterocycles. The molecule has 1 saturated carbocycles. The zero-order chi connectivity index (χ0) is 22.7. The molecule has 0 spiro atoms. The molecule has 2 aliphatic rings. The van der Waals surface area contributed by atoms with Crippen molar-refractivity contribution in [2.24, 2.45) is 5.92 Å². The number of fused-ring (bicyclic) bond motifs is 1. The lowest BCUT2D eigenvalue weighted by Gasteiger charge is -2.39. The number of rotatable bonds is 8. The largest absolute Gasteiger partial charge is 0.377 e. The highest BCUT2D eigenvalue weighted by molar-refractivity contribution is 6.33. The predicted molar refractivity (Wildman–Crippen MR) is 131 cm³/mol. The molecule has 174 valence electrons. The molecule has 0 atom stereocenters. The van der Waals surface area contributed by atoms with Gasteiger partial charge >= 0.3 is 0 Å². The number of nitrogens with zero attached hydrogens (tertiary/aromatic N) is 4. The van der Waals surface area contributed by atoms with Gasteiger partial charge < -0.3 is 20.7 Å². The first-order valence-electron chi connectivity index (χ1n) is 11.6. The molecule has 1 aliphatic carbocycles. The number of hydrogen-bond donors (Lipinski definition) is 3. The number of hydrogen-bond acceptors (Lipinski definition) is 8. The first kappa shape index (κ1) is 22.3. The quantitative estimate of drug-likeness (QED) is 0.427. The van der Waals surface area contributed by atoms with Crippen LogP contribution >= 0.6 is 11.6 Å². The van der Waals surface area contributed by atoms with Gasteiger partial charge in [-0.2, -0.15) is 0 Å². The molecule has 0 aromatic carbocycles. The summed E-state index contributed by atoms with van der Waals surface area (Å²) >= 11 is 6.20. The third-order valence-electron chi connectivity index (χ3n) is 6.58. The van der Waals surface area contributed by atoms with Gasteiger partial charge in [-0.1, -0.05) is 11.6 Å². The van der Waals surface area contributed by atoms with E-state index in [0.717, 1.165) is 74.3 Å². The SMILES string of the molecule is CC1(NCc2cnc(NCC3CCC(Nc4ccc5ccnc(Cl)c5n4)CC3)nc2)COC1. The molecule has 2 fully saturated rings. The second-order valence-corrected chi connectivity index (χ2v) is 9.79. The number of aromatic nitrogens is 4. The molecule has 33 heavy (non-hydrogen) atoms. The Labute approximate surface area is 198 Å². The molecule has 5 rings (SSSR count). The first-order valence-corrected chi connectivity index (χ1v) is 12.0. The average molecular weight is 468 g/mol. The third-order valence-corrected chi connectivity index (χ3v) is 6.85. The summed E-state index contributed by atoms with van der Waals surface area (Å²) in [5.41, 5.74) is 1.91. The molecule has 0 unspecified atom stereocenters. The van der Waals surface area contributed by atoms with Gasteiger partial charge in [0, 0.05) is 48.7 Å². The van der Waals surface area contributed by atoms with Crippen molar-refractivity contribution in [2.45, 2.75) is 50.7 Å². The summed E-state index contributed by atoms with van der Waals surface area (Å²) in [5.74, 6) is 2.18. The molecule has 0 amide bonds. The normalized spacial score (nSPS) is 22.0. The third kappa shape index (κ3) is 5.51. The van der Waals surface area contributed by atoms with Gasteiger partial charge in [-0.05, 0) is 56.7 Å². The van der Waals surface area contributed by atoms with Crippen molar-refractivity contribution in [1.29, 1.82) is 0 Å². The lowest BCUT2D eigenvalue weighted by atomic mass is 9.86. The van der Waals surface area contributed by atoms with Crippen LogP contribution in [0.25, 0.3) is 10.9 Å². The van der Waals surface area contributed by atoms with E-state index in [-0.39, 0.29) is 5.54 Å². The maximum atomic E-state index is 6.20. The molecular weight excluding hydrogens is 438 g/mol. The Morgan fingerprint density at radius 1 is 1.06 bits per heavy atom. The number of nitrogens with one attached hydrogen (secondary N) is 3. The van der Waals surface area contributed by atoms with Crippen LogP contribution in [0, 0.1) is 5.92 Å². The highest BCUT2D eigenvalue weighted by atomic mass is 35.5. The summed E-state index contributed by atoms with van der Waals surface area (Å²) in [5, 5.41) is 11.9. The van der Waals surface area contributed by atoms with Crippen LogP contribution in [0.1, 0.15) is 38.2 Å². The molecular formula is C24H30ClN7O. The number of anilines is 2. The molecule has 3 aromatic heterocycles. The van der Waals surface area contributed by atoms with E-state index in [1.165, 1.54) is 0 Å². The van der Waals surface area contributed by atoms with E-state index in [1.807, 2.05) is 30.6 Å². The molecule has 8 nitrogen and oxygen atoms in total. The van der Waals surface area contributed by atoms with E-state index in [9.17, 15) is 0 Å². The van der Waals surface area contributed by atoms with Crippen LogP contribution in [0.3, 0.4) is 0 Å².